The number of nitrogens with one attached hydrogen (secondary N) is 1. The normalized spacial score (nSPS) is 21.2. The molecule has 1 aromatic heterocycles. The fraction of sp³-hybridized carbons (Fsp3) is 0.375. The van der Waals surface area contributed by atoms with Gasteiger partial charge in [0.05, 0.1) is 0 Å². The van der Waals surface area contributed by atoms with Gasteiger partial charge in [0, 0.05) is 25.1 Å². The van der Waals surface area contributed by atoms with Crippen LogP contribution in [0.15, 0.2) is 52.6 Å². The number of carbonyl (C=O) groups excluding carboxylic acids is 1. The number of dihydropyridines is 1. The Kier molecular flexibility index (Phi) is 4.91. The molecule has 1 atom stereocenters. The molecule has 1 N–H and O–H groups in total. The van der Waals surface area contributed by atoms with Crippen LogP contribution in [0.3, 0.4) is 0 Å². The largest absolute Gasteiger partial charge is 0.431 e. The molecule has 0 aliphatic carbocycles. The van der Waals surface area contributed by atoms with E-state index in [0.717, 1.165) is 6.08 Å². The first-order valence-corrected chi connectivity index (χ1v) is 7.11. The quantitative estimate of drug-likeness (QED) is 0.676. The minimum Gasteiger partial charge on any atom is -0.349 e. The highest BCUT2D eigenvalue weighted by Crippen LogP contribution is 2.42. The second-order valence-corrected chi connectivity index (χ2v) is 5.46. The molecule has 8 heteroatoms. The van der Waals surface area contributed by atoms with Gasteiger partial charge in [-0.1, -0.05) is 13.8 Å². The number of ether oxygens (including phenoxy) is 1. The Morgan fingerprint density at radius 3 is 2.42 bits per heavy atom. The summed E-state index contributed by atoms with van der Waals surface area (Å²) >= 11 is 0. The molecule has 1 aliphatic rings. The monoisotopic (exact) mass is 339 g/mol. The molecule has 2 rings (SSSR count). The predicted molar refractivity (Wildman–Crippen MR) is 80.2 cm³/mol. The number of hydrogen-bond acceptors (Lipinski definition) is 5. The third-order valence-electron chi connectivity index (χ3n) is 3.70. The number of aliphatic imine (C=N–C) groups is 1. The van der Waals surface area contributed by atoms with E-state index in [4.69, 9.17) is 4.74 Å². The lowest BCUT2D eigenvalue weighted by Crippen LogP contribution is -2.50. The molecule has 24 heavy (non-hydrogen) atoms. The second kappa shape index (κ2) is 6.59. The van der Waals surface area contributed by atoms with Crippen LogP contribution in [0.5, 0.6) is 0 Å². The Hall–Kier alpha value is -2.44. The average Bonchev–Trinajstić information content (AvgIpc) is 2.55. The SMILES string of the molecule is COC1(c2ccncc2)NC(C(F)(F)F)=CC(C(C)C)=C1N=C=O. The first-order chi connectivity index (χ1) is 11.3. The fourth-order valence-corrected chi connectivity index (χ4v) is 2.55. The van der Waals surface area contributed by atoms with Gasteiger partial charge < -0.3 is 10.1 Å². The van der Waals surface area contributed by atoms with Crippen LogP contribution < -0.4 is 5.32 Å². The highest BCUT2D eigenvalue weighted by Gasteiger charge is 2.48. The number of alkyl halides is 3. The van der Waals surface area contributed by atoms with Crippen molar-refractivity contribution in [3.63, 3.8) is 0 Å². The number of nitrogens with zero attached hydrogens (tertiary/aromatic N) is 2. The molecule has 0 amide bonds. The van der Waals surface area contributed by atoms with E-state index in [-0.39, 0.29) is 17.2 Å². The molecular weight excluding hydrogens is 323 g/mol. The number of halogens is 3. The van der Waals surface area contributed by atoms with E-state index in [1.54, 1.807) is 13.8 Å². The van der Waals surface area contributed by atoms with Crippen LogP contribution in [0.25, 0.3) is 0 Å². The van der Waals surface area contributed by atoms with Crippen molar-refractivity contribution in [3.8, 4) is 0 Å². The van der Waals surface area contributed by atoms with Crippen LogP contribution in [-0.2, 0) is 15.3 Å². The summed E-state index contributed by atoms with van der Waals surface area (Å²) in [7, 11) is 1.24. The first kappa shape index (κ1) is 17.9. The van der Waals surface area contributed by atoms with E-state index < -0.39 is 17.6 Å². The number of hydrogen-bond donors (Lipinski definition) is 1. The van der Waals surface area contributed by atoms with Crippen LogP contribution in [0.1, 0.15) is 19.4 Å². The maximum atomic E-state index is 13.4. The van der Waals surface area contributed by atoms with Crippen LogP contribution in [-0.4, -0.2) is 24.4 Å². The van der Waals surface area contributed by atoms with Crippen LogP contribution in [0.2, 0.25) is 0 Å². The summed E-state index contributed by atoms with van der Waals surface area (Å²) in [5.74, 6) is -0.326. The van der Waals surface area contributed by atoms with Gasteiger partial charge in [-0.15, -0.1) is 0 Å². The predicted octanol–water partition coefficient (Wildman–Crippen LogP) is 3.18. The first-order valence-electron chi connectivity index (χ1n) is 7.11. The zero-order chi connectivity index (χ0) is 18.0. The zero-order valence-corrected chi connectivity index (χ0v) is 13.3. The van der Waals surface area contributed by atoms with Crippen LogP contribution in [0.4, 0.5) is 13.2 Å². The summed E-state index contributed by atoms with van der Waals surface area (Å²) < 4.78 is 45.5. The lowest BCUT2D eigenvalue weighted by atomic mass is 9.87. The van der Waals surface area contributed by atoms with E-state index in [1.165, 1.54) is 37.7 Å². The van der Waals surface area contributed by atoms with E-state index in [2.05, 4.69) is 15.3 Å². The molecule has 0 radical (unpaired) electrons. The lowest BCUT2D eigenvalue weighted by molar-refractivity contribution is -0.113. The molecule has 0 aromatic carbocycles. The van der Waals surface area contributed by atoms with Crippen molar-refractivity contribution in [1.82, 2.24) is 10.3 Å². The van der Waals surface area contributed by atoms with Gasteiger partial charge in [-0.2, -0.15) is 18.2 Å². The summed E-state index contributed by atoms with van der Waals surface area (Å²) in [6.07, 6.45) is 0.566. The summed E-state index contributed by atoms with van der Waals surface area (Å²) in [5, 5.41) is 2.35. The average molecular weight is 339 g/mol. The van der Waals surface area contributed by atoms with Crippen molar-refractivity contribution in [3.05, 3.63) is 53.1 Å². The molecule has 0 saturated carbocycles. The molecule has 2 heterocycles. The molecule has 0 saturated heterocycles. The number of pyridine rings is 1. The molecule has 0 fully saturated rings. The van der Waals surface area contributed by atoms with Gasteiger partial charge in [0.2, 0.25) is 11.8 Å². The van der Waals surface area contributed by atoms with Gasteiger partial charge in [0.25, 0.3) is 0 Å². The summed E-state index contributed by atoms with van der Waals surface area (Å²) in [4.78, 5) is 18.4. The van der Waals surface area contributed by atoms with Gasteiger partial charge in [0.15, 0.2) is 0 Å². The van der Waals surface area contributed by atoms with Crippen LogP contribution in [0, 0.1) is 5.92 Å². The standard InChI is InChI=1S/C16H16F3N3O2/c1-10(2)12-8-13(16(17,18)19)22-15(24-3,14(12)21-9-23)11-4-6-20-7-5-11/h4-8,10,22H,1-3H3. The van der Waals surface area contributed by atoms with Gasteiger partial charge in [0.1, 0.15) is 11.4 Å². The zero-order valence-electron chi connectivity index (χ0n) is 13.3. The van der Waals surface area contributed by atoms with Crippen molar-refractivity contribution in [2.45, 2.75) is 25.7 Å². The highest BCUT2D eigenvalue weighted by molar-refractivity contribution is 5.50. The van der Waals surface area contributed by atoms with E-state index in [1.807, 2.05) is 0 Å². The lowest BCUT2D eigenvalue weighted by Gasteiger charge is -2.40. The Balaban J connectivity index is 2.82. The molecule has 0 spiro atoms. The number of isocyanates is 1. The van der Waals surface area contributed by atoms with Crippen molar-refractivity contribution in [1.29, 1.82) is 0 Å². The molecular formula is C16H16F3N3O2. The minimum atomic E-state index is -4.62. The second-order valence-electron chi connectivity index (χ2n) is 5.46. The minimum absolute atomic E-state index is 0.0363. The molecule has 128 valence electrons. The summed E-state index contributed by atoms with van der Waals surface area (Å²) in [6.45, 7) is 3.41. The molecule has 5 nitrogen and oxygen atoms in total. The third kappa shape index (κ3) is 3.11. The van der Waals surface area contributed by atoms with Crippen molar-refractivity contribution in [2.24, 2.45) is 10.9 Å². The fourth-order valence-electron chi connectivity index (χ4n) is 2.55. The number of allylic oxidation sites excluding steroid dienone is 3. The number of rotatable bonds is 4. The molecule has 1 unspecified atom stereocenters. The molecule has 1 aromatic rings. The molecule has 0 bridgehead atoms. The molecule has 1 aliphatic heterocycles. The van der Waals surface area contributed by atoms with Gasteiger partial charge in [-0.25, -0.2) is 4.79 Å². The van der Waals surface area contributed by atoms with E-state index in [0.29, 0.717) is 5.56 Å². The summed E-state index contributed by atoms with van der Waals surface area (Å²) in [5.41, 5.74) is -2.13. The Morgan fingerprint density at radius 1 is 1.33 bits per heavy atom. The smallest absolute Gasteiger partial charge is 0.349 e. The maximum absolute atomic E-state index is 13.4. The van der Waals surface area contributed by atoms with Gasteiger partial charge in [-0.05, 0) is 29.7 Å². The number of aromatic nitrogens is 1. The summed E-state index contributed by atoms with van der Waals surface area (Å²) in [6, 6.07) is 2.99. The van der Waals surface area contributed by atoms with E-state index in [9.17, 15) is 18.0 Å². The highest BCUT2D eigenvalue weighted by atomic mass is 19.4. The van der Waals surface area contributed by atoms with Gasteiger partial charge >= 0.3 is 6.18 Å². The maximum Gasteiger partial charge on any atom is 0.431 e. The Morgan fingerprint density at radius 2 is 1.96 bits per heavy atom. The van der Waals surface area contributed by atoms with Crippen molar-refractivity contribution < 1.29 is 22.7 Å². The van der Waals surface area contributed by atoms with Crippen molar-refractivity contribution in [2.75, 3.05) is 7.11 Å². The third-order valence-corrected chi connectivity index (χ3v) is 3.70. The van der Waals surface area contributed by atoms with Crippen LogP contribution >= 0.6 is 0 Å². The van der Waals surface area contributed by atoms with Crippen molar-refractivity contribution >= 4 is 6.08 Å². The Labute approximate surface area is 136 Å². The topological polar surface area (TPSA) is 63.6 Å². The van der Waals surface area contributed by atoms with Gasteiger partial charge in [-0.3, -0.25) is 4.98 Å². The Bertz CT molecular complexity index is 720. The number of methoxy groups -OCH3 is 1. The van der Waals surface area contributed by atoms with E-state index >= 15 is 0 Å².